The highest BCUT2D eigenvalue weighted by molar-refractivity contribution is 7.10. The van der Waals surface area contributed by atoms with Crippen molar-refractivity contribution in [2.24, 2.45) is 0 Å². The molecule has 20 heavy (non-hydrogen) atoms. The van der Waals surface area contributed by atoms with Gasteiger partial charge < -0.3 is 0 Å². The maximum atomic E-state index is 13.1. The van der Waals surface area contributed by atoms with E-state index in [4.69, 9.17) is 11.6 Å². The van der Waals surface area contributed by atoms with E-state index in [-0.39, 0.29) is 16.7 Å². The van der Waals surface area contributed by atoms with Crippen molar-refractivity contribution in [1.29, 1.82) is 0 Å². The Bertz CT molecular complexity index is 650. The average molecular weight is 309 g/mol. The van der Waals surface area contributed by atoms with Crippen LogP contribution in [0.15, 0.2) is 29.6 Å². The quantitative estimate of drug-likeness (QED) is 0.798. The number of fused-ring (bicyclic) bond motifs is 1. The Kier molecular flexibility index (Phi) is 3.90. The molecule has 0 radical (unpaired) electrons. The van der Waals surface area contributed by atoms with E-state index in [1.54, 1.807) is 23.5 Å². The van der Waals surface area contributed by atoms with Crippen LogP contribution in [0.4, 0.5) is 4.39 Å². The van der Waals surface area contributed by atoms with E-state index < -0.39 is 5.82 Å². The second-order valence-electron chi connectivity index (χ2n) is 5.14. The topological polar surface area (TPSA) is 17.1 Å². The number of ketones is 1. The largest absolute Gasteiger partial charge is 0.299 e. The van der Waals surface area contributed by atoms with Crippen molar-refractivity contribution in [3.8, 4) is 0 Å². The minimum absolute atomic E-state index is 0.00571. The molecule has 1 aliphatic carbocycles. The molecule has 2 aromatic rings. The molecule has 1 nitrogen and oxygen atoms in total. The first-order valence-corrected chi connectivity index (χ1v) is 7.94. The van der Waals surface area contributed by atoms with Gasteiger partial charge in [0.15, 0.2) is 0 Å². The molecule has 1 heterocycles. The third-order valence-corrected chi connectivity index (χ3v) is 5.09. The Morgan fingerprint density at radius 3 is 3.05 bits per heavy atom. The van der Waals surface area contributed by atoms with Crippen LogP contribution in [0.5, 0.6) is 0 Å². The molecule has 1 atom stereocenters. The number of Topliss-reactive ketones (excluding diaryl/α,β-unsaturated/α-hetero) is 1. The maximum Gasteiger partial charge on any atom is 0.144 e. The van der Waals surface area contributed by atoms with Gasteiger partial charge in [0.2, 0.25) is 0 Å². The molecule has 3 rings (SSSR count). The van der Waals surface area contributed by atoms with Crippen molar-refractivity contribution in [3.05, 3.63) is 56.5 Å². The first kappa shape index (κ1) is 13.8. The van der Waals surface area contributed by atoms with Crippen molar-refractivity contribution in [2.75, 3.05) is 0 Å². The number of aryl methyl sites for hydroxylation is 1. The van der Waals surface area contributed by atoms with E-state index in [9.17, 15) is 9.18 Å². The first-order chi connectivity index (χ1) is 9.65. The molecule has 4 heteroatoms. The number of carbonyl (C=O) groups excluding carboxylic acids is 1. The summed E-state index contributed by atoms with van der Waals surface area (Å²) in [6.07, 6.45) is 3.38. The summed E-state index contributed by atoms with van der Waals surface area (Å²) in [7, 11) is 0. The van der Waals surface area contributed by atoms with Crippen molar-refractivity contribution >= 4 is 28.7 Å². The van der Waals surface area contributed by atoms with Crippen LogP contribution in [0.25, 0.3) is 0 Å². The summed E-state index contributed by atoms with van der Waals surface area (Å²) in [6, 6.07) is 6.57. The normalized spacial score (nSPS) is 17.8. The summed E-state index contributed by atoms with van der Waals surface area (Å²) in [4.78, 5) is 13.8. The minimum atomic E-state index is -0.444. The fourth-order valence-electron chi connectivity index (χ4n) is 2.79. The highest BCUT2D eigenvalue weighted by atomic mass is 35.5. The van der Waals surface area contributed by atoms with Crippen LogP contribution in [-0.2, 0) is 17.6 Å². The summed E-state index contributed by atoms with van der Waals surface area (Å²) in [5.74, 6) is -0.249. The molecule has 0 spiro atoms. The Labute approximate surface area is 126 Å². The Morgan fingerprint density at radius 2 is 2.25 bits per heavy atom. The number of thiophene rings is 1. The maximum absolute atomic E-state index is 13.1. The standard InChI is InChI=1S/C16H14ClFOS/c17-13-8-10(4-5-14(13)18)9-15(19)11-2-1-3-16-12(11)6-7-20-16/h4-8,11H,1-3,9H2. The molecule has 1 unspecified atom stereocenters. The highest BCUT2D eigenvalue weighted by Gasteiger charge is 2.27. The van der Waals surface area contributed by atoms with Gasteiger partial charge in [0, 0.05) is 17.2 Å². The molecule has 0 aliphatic heterocycles. The lowest BCUT2D eigenvalue weighted by molar-refractivity contribution is -0.120. The lowest BCUT2D eigenvalue weighted by Gasteiger charge is -2.21. The Hall–Kier alpha value is -1.19. The van der Waals surface area contributed by atoms with Gasteiger partial charge in [0.1, 0.15) is 11.6 Å². The first-order valence-electron chi connectivity index (χ1n) is 6.68. The molecular formula is C16H14ClFOS. The average Bonchev–Trinajstić information content (AvgIpc) is 2.91. The van der Waals surface area contributed by atoms with Gasteiger partial charge >= 0.3 is 0 Å². The molecule has 0 saturated heterocycles. The van der Waals surface area contributed by atoms with Crippen molar-refractivity contribution in [2.45, 2.75) is 31.6 Å². The van der Waals surface area contributed by atoms with Crippen LogP contribution >= 0.6 is 22.9 Å². The zero-order valence-corrected chi connectivity index (χ0v) is 12.4. The third-order valence-electron chi connectivity index (χ3n) is 3.80. The summed E-state index contributed by atoms with van der Waals surface area (Å²) in [6.45, 7) is 0. The van der Waals surface area contributed by atoms with Crippen molar-refractivity contribution in [1.82, 2.24) is 0 Å². The van der Waals surface area contributed by atoms with Gasteiger partial charge in [-0.1, -0.05) is 17.7 Å². The van der Waals surface area contributed by atoms with Crippen molar-refractivity contribution in [3.63, 3.8) is 0 Å². The fraction of sp³-hybridized carbons (Fsp3) is 0.312. The second kappa shape index (κ2) is 5.66. The molecule has 0 bridgehead atoms. The smallest absolute Gasteiger partial charge is 0.144 e. The summed E-state index contributed by atoms with van der Waals surface area (Å²) < 4.78 is 13.1. The number of rotatable bonds is 3. The van der Waals surface area contributed by atoms with E-state index in [0.29, 0.717) is 6.42 Å². The Morgan fingerprint density at radius 1 is 1.40 bits per heavy atom. The van der Waals surface area contributed by atoms with Gasteiger partial charge in [-0.25, -0.2) is 4.39 Å². The van der Waals surface area contributed by atoms with Gasteiger partial charge in [-0.2, -0.15) is 0 Å². The number of halogens is 2. The minimum Gasteiger partial charge on any atom is -0.299 e. The molecule has 0 N–H and O–H groups in total. The van der Waals surface area contributed by atoms with Gasteiger partial charge in [-0.3, -0.25) is 4.79 Å². The van der Waals surface area contributed by atoms with Crippen molar-refractivity contribution < 1.29 is 9.18 Å². The van der Waals surface area contributed by atoms with E-state index >= 15 is 0 Å². The number of hydrogen-bond donors (Lipinski definition) is 0. The summed E-state index contributed by atoms with van der Waals surface area (Å²) in [5.41, 5.74) is 1.98. The fourth-order valence-corrected chi connectivity index (χ4v) is 3.99. The molecular weight excluding hydrogens is 295 g/mol. The zero-order valence-electron chi connectivity index (χ0n) is 10.9. The van der Waals surface area contributed by atoms with Gasteiger partial charge in [0.05, 0.1) is 5.02 Å². The van der Waals surface area contributed by atoms with Crippen LogP contribution in [0.1, 0.15) is 34.8 Å². The predicted molar refractivity (Wildman–Crippen MR) is 80.1 cm³/mol. The summed E-state index contributed by atoms with van der Waals surface area (Å²) in [5, 5.41) is 2.14. The molecule has 1 aliphatic rings. The Balaban J connectivity index is 1.79. The van der Waals surface area contributed by atoms with Crippen LogP contribution in [-0.4, -0.2) is 5.78 Å². The molecule has 0 amide bonds. The SMILES string of the molecule is O=C(Cc1ccc(F)c(Cl)c1)C1CCCc2sccc21. The van der Waals surface area contributed by atoms with E-state index in [2.05, 4.69) is 11.4 Å². The molecule has 0 fully saturated rings. The molecule has 1 aromatic heterocycles. The van der Waals surface area contributed by atoms with E-state index in [1.165, 1.54) is 16.5 Å². The number of carbonyl (C=O) groups is 1. The number of hydrogen-bond acceptors (Lipinski definition) is 2. The lowest BCUT2D eigenvalue weighted by atomic mass is 9.83. The molecule has 0 saturated carbocycles. The highest BCUT2D eigenvalue weighted by Crippen LogP contribution is 2.36. The van der Waals surface area contributed by atoms with Gasteiger partial charge in [-0.05, 0) is 54.0 Å². The van der Waals surface area contributed by atoms with E-state index in [0.717, 1.165) is 24.8 Å². The molecule has 1 aromatic carbocycles. The summed E-state index contributed by atoms with van der Waals surface area (Å²) >= 11 is 7.50. The molecule has 104 valence electrons. The zero-order chi connectivity index (χ0) is 14.1. The van der Waals surface area contributed by atoms with Crippen LogP contribution in [0.2, 0.25) is 5.02 Å². The predicted octanol–water partition coefficient (Wildman–Crippen LogP) is 4.77. The van der Waals surface area contributed by atoms with Crippen LogP contribution in [0.3, 0.4) is 0 Å². The lowest BCUT2D eigenvalue weighted by Crippen LogP contribution is -2.19. The monoisotopic (exact) mass is 308 g/mol. The van der Waals surface area contributed by atoms with Crippen LogP contribution < -0.4 is 0 Å². The second-order valence-corrected chi connectivity index (χ2v) is 6.54. The van der Waals surface area contributed by atoms with Gasteiger partial charge in [0.25, 0.3) is 0 Å². The van der Waals surface area contributed by atoms with E-state index in [1.807, 2.05) is 0 Å². The number of benzene rings is 1. The van der Waals surface area contributed by atoms with Gasteiger partial charge in [-0.15, -0.1) is 11.3 Å². The third kappa shape index (κ3) is 2.65. The van der Waals surface area contributed by atoms with Crippen LogP contribution in [0, 0.1) is 5.82 Å².